The van der Waals surface area contributed by atoms with Gasteiger partial charge in [0.15, 0.2) is 9.84 Å². The van der Waals surface area contributed by atoms with Gasteiger partial charge in [0.2, 0.25) is 0 Å². The van der Waals surface area contributed by atoms with Gasteiger partial charge in [-0.05, 0) is 24.3 Å². The van der Waals surface area contributed by atoms with Gasteiger partial charge in [-0.2, -0.15) is 0 Å². The Kier molecular flexibility index (Phi) is 6.36. The van der Waals surface area contributed by atoms with Gasteiger partial charge in [0.1, 0.15) is 11.5 Å². The molecule has 1 saturated heterocycles. The molecule has 1 fully saturated rings. The lowest BCUT2D eigenvalue weighted by atomic mass is 10.0. The summed E-state index contributed by atoms with van der Waals surface area (Å²) >= 11 is 0. The molecule has 0 saturated carbocycles. The minimum atomic E-state index is -3.39. The molecule has 27 heavy (non-hydrogen) atoms. The van der Waals surface area contributed by atoms with Crippen molar-refractivity contribution in [1.82, 2.24) is 10.2 Å². The van der Waals surface area contributed by atoms with Crippen LogP contribution in [-0.2, 0) is 9.84 Å². The van der Waals surface area contributed by atoms with Gasteiger partial charge in [-0.25, -0.2) is 8.42 Å². The number of hydrogen-bond donors (Lipinski definition) is 1. The molecule has 1 aliphatic heterocycles. The Labute approximate surface area is 161 Å². The highest BCUT2D eigenvalue weighted by Gasteiger charge is 2.27. The van der Waals surface area contributed by atoms with E-state index in [1.54, 1.807) is 31.4 Å². The van der Waals surface area contributed by atoms with Crippen LogP contribution in [0.25, 0.3) is 0 Å². The number of para-hydroxylation sites is 1. The summed E-state index contributed by atoms with van der Waals surface area (Å²) in [5.74, 6) is 1.43. The average molecular weight is 391 g/mol. The van der Waals surface area contributed by atoms with Gasteiger partial charge < -0.3 is 14.8 Å². The predicted molar refractivity (Wildman–Crippen MR) is 105 cm³/mol. The molecule has 1 unspecified atom stereocenters. The molecule has 3 rings (SSSR count). The fourth-order valence-electron chi connectivity index (χ4n) is 3.41. The van der Waals surface area contributed by atoms with E-state index in [1.165, 1.54) is 7.11 Å². The van der Waals surface area contributed by atoms with Gasteiger partial charge in [-0.3, -0.25) is 4.90 Å². The average Bonchev–Trinajstić information content (AvgIpc) is 2.72. The van der Waals surface area contributed by atoms with Gasteiger partial charge in [0.05, 0.1) is 30.9 Å². The Balaban J connectivity index is 1.76. The zero-order valence-electron chi connectivity index (χ0n) is 15.7. The number of piperazine rings is 1. The maximum absolute atomic E-state index is 12.8. The Morgan fingerprint density at radius 3 is 2.70 bits per heavy atom. The Morgan fingerprint density at radius 2 is 1.93 bits per heavy atom. The second-order valence-corrected chi connectivity index (χ2v) is 8.60. The molecule has 1 atom stereocenters. The number of nitrogens with zero attached hydrogens (tertiary/aromatic N) is 1. The van der Waals surface area contributed by atoms with Crippen LogP contribution in [0.2, 0.25) is 0 Å². The first-order valence-electron chi connectivity index (χ1n) is 8.99. The third-order valence-electron chi connectivity index (χ3n) is 4.90. The van der Waals surface area contributed by atoms with Crippen molar-refractivity contribution >= 4 is 9.84 Å². The first-order valence-corrected chi connectivity index (χ1v) is 10.6. The van der Waals surface area contributed by atoms with Crippen LogP contribution in [0, 0.1) is 0 Å². The molecule has 1 heterocycles. The number of nitrogens with one attached hydrogen (secondary N) is 1. The van der Waals surface area contributed by atoms with Crippen LogP contribution in [0.15, 0.2) is 53.4 Å². The maximum atomic E-state index is 12.8. The van der Waals surface area contributed by atoms with Gasteiger partial charge in [0, 0.05) is 31.7 Å². The van der Waals surface area contributed by atoms with Crippen LogP contribution in [0.4, 0.5) is 0 Å². The van der Waals surface area contributed by atoms with Crippen molar-refractivity contribution in [3.8, 4) is 11.5 Å². The van der Waals surface area contributed by atoms with Crippen molar-refractivity contribution in [2.75, 3.05) is 46.2 Å². The van der Waals surface area contributed by atoms with E-state index in [9.17, 15) is 8.42 Å². The molecule has 6 nitrogen and oxygen atoms in total. The number of rotatable bonds is 7. The SMILES string of the molecule is COc1cccc(S(=O)(=O)CCN2CCNCC2c2ccccc2OC)c1. The minimum absolute atomic E-state index is 0.0613. The second kappa shape index (κ2) is 8.73. The lowest BCUT2D eigenvalue weighted by molar-refractivity contribution is 0.168. The molecule has 0 radical (unpaired) electrons. The third-order valence-corrected chi connectivity index (χ3v) is 6.59. The van der Waals surface area contributed by atoms with E-state index in [-0.39, 0.29) is 11.8 Å². The topological polar surface area (TPSA) is 67.9 Å². The summed E-state index contributed by atoms with van der Waals surface area (Å²) in [6.07, 6.45) is 0. The molecular weight excluding hydrogens is 364 g/mol. The second-order valence-electron chi connectivity index (χ2n) is 6.50. The van der Waals surface area contributed by atoms with Crippen LogP contribution < -0.4 is 14.8 Å². The van der Waals surface area contributed by atoms with E-state index in [4.69, 9.17) is 9.47 Å². The highest BCUT2D eigenvalue weighted by Crippen LogP contribution is 2.30. The summed E-state index contributed by atoms with van der Waals surface area (Å²) in [6.45, 7) is 2.85. The van der Waals surface area contributed by atoms with Gasteiger partial charge in [-0.1, -0.05) is 24.3 Å². The largest absolute Gasteiger partial charge is 0.497 e. The van der Waals surface area contributed by atoms with Crippen molar-refractivity contribution in [2.24, 2.45) is 0 Å². The van der Waals surface area contributed by atoms with Crippen LogP contribution >= 0.6 is 0 Å². The van der Waals surface area contributed by atoms with Crippen molar-refractivity contribution in [1.29, 1.82) is 0 Å². The molecule has 7 heteroatoms. The Bertz CT molecular complexity index is 870. The fourth-order valence-corrected chi connectivity index (χ4v) is 4.70. The summed E-state index contributed by atoms with van der Waals surface area (Å²) in [4.78, 5) is 2.51. The third kappa shape index (κ3) is 4.61. The molecule has 2 aromatic rings. The molecule has 0 spiro atoms. The quantitative estimate of drug-likeness (QED) is 0.781. The van der Waals surface area contributed by atoms with Crippen molar-refractivity contribution in [2.45, 2.75) is 10.9 Å². The molecule has 0 bridgehead atoms. The first kappa shape index (κ1) is 19.7. The van der Waals surface area contributed by atoms with Crippen LogP contribution in [0.1, 0.15) is 11.6 Å². The van der Waals surface area contributed by atoms with Crippen LogP contribution in [0.3, 0.4) is 0 Å². The van der Waals surface area contributed by atoms with E-state index < -0.39 is 9.84 Å². The van der Waals surface area contributed by atoms with Gasteiger partial charge in [-0.15, -0.1) is 0 Å². The normalized spacial score (nSPS) is 18.2. The monoisotopic (exact) mass is 390 g/mol. The Morgan fingerprint density at radius 1 is 1.11 bits per heavy atom. The molecule has 0 amide bonds. The molecule has 146 valence electrons. The van der Waals surface area contributed by atoms with E-state index in [1.807, 2.05) is 24.3 Å². The van der Waals surface area contributed by atoms with Crippen molar-refractivity contribution in [3.63, 3.8) is 0 Å². The van der Waals surface area contributed by atoms with E-state index >= 15 is 0 Å². The molecule has 0 aliphatic carbocycles. The van der Waals surface area contributed by atoms with Crippen LogP contribution in [0.5, 0.6) is 11.5 Å². The molecule has 2 aromatic carbocycles. The molecular formula is C20H26N2O4S. The number of hydrogen-bond acceptors (Lipinski definition) is 6. The summed E-state index contributed by atoms with van der Waals surface area (Å²) in [5.41, 5.74) is 1.07. The number of methoxy groups -OCH3 is 2. The van der Waals surface area contributed by atoms with Gasteiger partial charge in [0.25, 0.3) is 0 Å². The summed E-state index contributed by atoms with van der Waals surface area (Å²) < 4.78 is 36.2. The smallest absolute Gasteiger partial charge is 0.179 e. The lowest BCUT2D eigenvalue weighted by Gasteiger charge is -2.37. The zero-order chi connectivity index (χ0) is 19.3. The summed E-state index contributed by atoms with van der Waals surface area (Å²) in [6, 6.07) is 14.6. The van der Waals surface area contributed by atoms with E-state index in [2.05, 4.69) is 10.2 Å². The number of benzene rings is 2. The fraction of sp³-hybridized carbons (Fsp3) is 0.400. The van der Waals surface area contributed by atoms with Crippen LogP contribution in [-0.4, -0.2) is 59.5 Å². The summed E-state index contributed by atoms with van der Waals surface area (Å²) in [5, 5.41) is 3.40. The minimum Gasteiger partial charge on any atom is -0.497 e. The molecule has 1 N–H and O–H groups in total. The lowest BCUT2D eigenvalue weighted by Crippen LogP contribution is -2.47. The standard InChI is InChI=1S/C20H26N2O4S/c1-25-16-6-5-7-17(14-16)27(23,24)13-12-22-11-10-21-15-19(22)18-8-3-4-9-20(18)26-2/h3-9,14,19,21H,10-13,15H2,1-2H3. The maximum Gasteiger partial charge on any atom is 0.179 e. The zero-order valence-corrected chi connectivity index (χ0v) is 16.5. The molecule has 0 aromatic heterocycles. The predicted octanol–water partition coefficient (Wildman–Crippen LogP) is 2.12. The number of sulfone groups is 1. The number of ether oxygens (including phenoxy) is 2. The summed E-state index contributed by atoms with van der Waals surface area (Å²) in [7, 11) is -0.195. The highest BCUT2D eigenvalue weighted by atomic mass is 32.2. The van der Waals surface area contributed by atoms with Gasteiger partial charge >= 0.3 is 0 Å². The first-order chi connectivity index (χ1) is 13.0. The van der Waals surface area contributed by atoms with E-state index in [0.717, 1.165) is 30.9 Å². The molecule has 1 aliphatic rings. The van der Waals surface area contributed by atoms with E-state index in [0.29, 0.717) is 17.2 Å². The van der Waals surface area contributed by atoms with Crippen molar-refractivity contribution in [3.05, 3.63) is 54.1 Å². The Hall–Kier alpha value is -2.09. The highest BCUT2D eigenvalue weighted by molar-refractivity contribution is 7.91. The van der Waals surface area contributed by atoms with Crippen molar-refractivity contribution < 1.29 is 17.9 Å².